The highest BCUT2D eigenvalue weighted by Gasteiger charge is 2.77. The van der Waals surface area contributed by atoms with Gasteiger partial charge >= 0.3 is 5.97 Å². The van der Waals surface area contributed by atoms with E-state index in [4.69, 9.17) is 4.74 Å². The summed E-state index contributed by atoms with van der Waals surface area (Å²) in [6, 6.07) is -0.681. The van der Waals surface area contributed by atoms with Crippen molar-refractivity contribution in [2.45, 2.75) is 75.0 Å². The van der Waals surface area contributed by atoms with Crippen LogP contribution in [-0.2, 0) is 19.1 Å². The van der Waals surface area contributed by atoms with Crippen molar-refractivity contribution >= 4 is 29.5 Å². The molecule has 3 heterocycles. The molecule has 3 unspecified atom stereocenters. The Labute approximate surface area is 189 Å². The van der Waals surface area contributed by atoms with E-state index in [-0.39, 0.29) is 43.6 Å². The second kappa shape index (κ2) is 9.14. The van der Waals surface area contributed by atoms with E-state index in [0.29, 0.717) is 13.0 Å². The summed E-state index contributed by atoms with van der Waals surface area (Å²) in [5.41, 5.74) is 0. The van der Waals surface area contributed by atoms with Gasteiger partial charge in [-0.1, -0.05) is 19.4 Å². The van der Waals surface area contributed by atoms with Crippen LogP contribution >= 0.6 is 11.8 Å². The molecule has 2 amide bonds. The van der Waals surface area contributed by atoms with E-state index in [1.807, 2.05) is 18.7 Å². The van der Waals surface area contributed by atoms with Gasteiger partial charge in [-0.2, -0.15) is 0 Å². The van der Waals surface area contributed by atoms with Crippen molar-refractivity contribution in [1.82, 2.24) is 9.80 Å². The van der Waals surface area contributed by atoms with Crippen LogP contribution in [0.1, 0.15) is 53.4 Å². The molecular formula is C23H36N2O5S. The Bertz CT molecular complexity index is 745. The number of aliphatic hydroxyl groups is 1. The van der Waals surface area contributed by atoms with E-state index in [9.17, 15) is 19.5 Å². The number of β-amino-alcohol motifs (C(OH)–C–C–N with tert-alkyl or cyclic N) is 1. The van der Waals surface area contributed by atoms with Crippen molar-refractivity contribution in [1.29, 1.82) is 0 Å². The second-order valence-corrected chi connectivity index (χ2v) is 11.0. The van der Waals surface area contributed by atoms with Crippen molar-refractivity contribution in [2.24, 2.45) is 11.8 Å². The quantitative estimate of drug-likeness (QED) is 0.404. The number of amides is 2. The molecule has 0 aromatic rings. The number of fused-ring (bicyclic) bond motifs is 1. The zero-order chi connectivity index (χ0) is 23.0. The fraction of sp³-hybridized carbons (Fsp3) is 0.783. The monoisotopic (exact) mass is 452 g/mol. The average Bonchev–Trinajstić information content (AvgIpc) is 3.28. The number of thioether (sulfide) groups is 1. The van der Waals surface area contributed by atoms with E-state index >= 15 is 0 Å². The first kappa shape index (κ1) is 24.1. The van der Waals surface area contributed by atoms with Crippen LogP contribution in [-0.4, -0.2) is 80.6 Å². The number of rotatable bonds is 10. The topological polar surface area (TPSA) is 87.2 Å². The summed E-state index contributed by atoms with van der Waals surface area (Å²) in [6.45, 7) is 12.2. The minimum atomic E-state index is -0.692. The van der Waals surface area contributed by atoms with Gasteiger partial charge in [0.25, 0.3) is 0 Å². The fourth-order valence-electron chi connectivity index (χ4n) is 6.00. The van der Waals surface area contributed by atoms with Gasteiger partial charge in [0.15, 0.2) is 0 Å². The maximum absolute atomic E-state index is 14.0. The van der Waals surface area contributed by atoms with Gasteiger partial charge < -0.3 is 19.6 Å². The summed E-state index contributed by atoms with van der Waals surface area (Å²) in [5.74, 6) is -1.83. The molecule has 2 bridgehead atoms. The molecule has 31 heavy (non-hydrogen) atoms. The first-order valence-corrected chi connectivity index (χ1v) is 12.2. The third-order valence-corrected chi connectivity index (χ3v) is 9.23. The lowest BCUT2D eigenvalue weighted by molar-refractivity contribution is -0.155. The Morgan fingerprint density at radius 2 is 2.13 bits per heavy atom. The number of hydrogen-bond donors (Lipinski definition) is 1. The lowest BCUT2D eigenvalue weighted by Gasteiger charge is -2.39. The van der Waals surface area contributed by atoms with E-state index in [0.717, 1.165) is 19.3 Å². The average molecular weight is 453 g/mol. The van der Waals surface area contributed by atoms with E-state index in [1.54, 1.807) is 24.8 Å². The van der Waals surface area contributed by atoms with Crippen molar-refractivity contribution in [3.8, 4) is 0 Å². The highest BCUT2D eigenvalue weighted by molar-refractivity contribution is 8.02. The lowest BCUT2D eigenvalue weighted by atomic mass is 9.66. The number of ether oxygens (including phenoxy) is 1. The molecule has 1 spiro atoms. The number of aliphatic hydroxyl groups excluding tert-OH is 1. The Morgan fingerprint density at radius 1 is 1.42 bits per heavy atom. The smallest absolute Gasteiger partial charge is 0.311 e. The maximum Gasteiger partial charge on any atom is 0.311 e. The van der Waals surface area contributed by atoms with Gasteiger partial charge in [0, 0.05) is 23.9 Å². The minimum absolute atomic E-state index is 0.0112. The first-order valence-electron chi connectivity index (χ1n) is 11.4. The lowest BCUT2D eigenvalue weighted by Crippen LogP contribution is -2.56. The standard InChI is InChI=1S/C23H36N2O5S/c1-6-9-15(4)24(12-7-2)20(28)18-23-11-10-22(5,31-23)17(21(29)30-8-3)16(23)19(27)25(18)13-14-26/h7,15-18,26H,2,6,8-14H2,1,3-5H3/t15?,16-,17-,18?,22+,23?/m0/s1. The van der Waals surface area contributed by atoms with Crippen LogP contribution in [0.5, 0.6) is 0 Å². The van der Waals surface area contributed by atoms with Gasteiger partial charge in [-0.25, -0.2) is 0 Å². The molecule has 0 aliphatic carbocycles. The van der Waals surface area contributed by atoms with E-state index in [2.05, 4.69) is 13.5 Å². The zero-order valence-corrected chi connectivity index (χ0v) is 20.0. The highest BCUT2D eigenvalue weighted by Crippen LogP contribution is 2.71. The molecule has 0 radical (unpaired) electrons. The normalized spacial score (nSPS) is 34.5. The van der Waals surface area contributed by atoms with Crippen LogP contribution in [0.15, 0.2) is 12.7 Å². The van der Waals surface area contributed by atoms with E-state index < -0.39 is 27.4 Å². The Kier molecular flexibility index (Phi) is 7.11. The van der Waals surface area contributed by atoms with Gasteiger partial charge in [-0.05, 0) is 40.0 Å². The summed E-state index contributed by atoms with van der Waals surface area (Å²) in [4.78, 5) is 43.9. The summed E-state index contributed by atoms with van der Waals surface area (Å²) in [5, 5.41) is 9.69. The number of nitrogens with zero attached hydrogens (tertiary/aromatic N) is 2. The molecule has 3 fully saturated rings. The summed E-state index contributed by atoms with van der Waals surface area (Å²) in [6.07, 6.45) is 4.97. The van der Waals surface area contributed by atoms with Crippen molar-refractivity contribution < 1.29 is 24.2 Å². The minimum Gasteiger partial charge on any atom is -0.466 e. The second-order valence-electron chi connectivity index (χ2n) is 9.15. The molecule has 0 aromatic heterocycles. The number of carbonyl (C=O) groups excluding carboxylic acids is 3. The van der Waals surface area contributed by atoms with Crippen molar-refractivity contribution in [3.63, 3.8) is 0 Å². The molecule has 7 nitrogen and oxygen atoms in total. The van der Waals surface area contributed by atoms with Gasteiger partial charge in [0.05, 0.1) is 29.8 Å². The molecule has 3 rings (SSSR count). The zero-order valence-electron chi connectivity index (χ0n) is 19.1. The molecular weight excluding hydrogens is 416 g/mol. The van der Waals surface area contributed by atoms with Gasteiger partial charge in [0.1, 0.15) is 6.04 Å². The highest BCUT2D eigenvalue weighted by atomic mass is 32.2. The van der Waals surface area contributed by atoms with Crippen molar-refractivity contribution in [3.05, 3.63) is 12.7 Å². The number of hydrogen-bond acceptors (Lipinski definition) is 6. The molecule has 3 aliphatic rings. The molecule has 1 N–H and O–H groups in total. The molecule has 0 aromatic carbocycles. The Hall–Kier alpha value is -1.54. The number of likely N-dealkylation sites (tertiary alicyclic amines) is 1. The SMILES string of the molecule is C=CCN(C(=O)C1N(CCO)C(=O)[C@@H]2[C@@H](C(=O)OCC)[C@@]3(C)CCC12S3)C(C)CCC. The van der Waals surface area contributed by atoms with Gasteiger partial charge in [0.2, 0.25) is 11.8 Å². The molecule has 0 saturated carbocycles. The number of carbonyl (C=O) groups is 3. The fourth-order valence-corrected chi connectivity index (χ4v) is 8.34. The molecule has 3 aliphatic heterocycles. The third-order valence-electron chi connectivity index (χ3n) is 7.24. The largest absolute Gasteiger partial charge is 0.466 e. The Morgan fingerprint density at radius 3 is 2.71 bits per heavy atom. The molecule has 3 saturated heterocycles. The Balaban J connectivity index is 2.05. The van der Waals surface area contributed by atoms with Crippen LogP contribution < -0.4 is 0 Å². The molecule has 174 valence electrons. The molecule has 6 atom stereocenters. The predicted octanol–water partition coefficient (Wildman–Crippen LogP) is 2.23. The van der Waals surface area contributed by atoms with E-state index in [1.165, 1.54) is 4.90 Å². The van der Waals surface area contributed by atoms with Crippen LogP contribution in [0.25, 0.3) is 0 Å². The summed E-state index contributed by atoms with van der Waals surface area (Å²) < 4.78 is 4.28. The predicted molar refractivity (Wildman–Crippen MR) is 120 cm³/mol. The van der Waals surface area contributed by atoms with Crippen LogP contribution in [0, 0.1) is 11.8 Å². The van der Waals surface area contributed by atoms with Crippen molar-refractivity contribution in [2.75, 3.05) is 26.3 Å². The van der Waals surface area contributed by atoms with Crippen LogP contribution in [0.3, 0.4) is 0 Å². The molecule has 8 heteroatoms. The number of esters is 1. The summed E-state index contributed by atoms with van der Waals surface area (Å²) in [7, 11) is 0. The third kappa shape index (κ3) is 3.69. The summed E-state index contributed by atoms with van der Waals surface area (Å²) >= 11 is 1.63. The van der Waals surface area contributed by atoms with Crippen LogP contribution in [0.2, 0.25) is 0 Å². The first-order chi connectivity index (χ1) is 14.7. The van der Waals surface area contributed by atoms with Gasteiger partial charge in [-0.3, -0.25) is 14.4 Å². The maximum atomic E-state index is 14.0. The van der Waals surface area contributed by atoms with Gasteiger partial charge in [-0.15, -0.1) is 18.3 Å². The van der Waals surface area contributed by atoms with Crippen LogP contribution in [0.4, 0.5) is 0 Å².